The van der Waals surface area contributed by atoms with Gasteiger partial charge in [0.25, 0.3) is 0 Å². The second-order valence-corrected chi connectivity index (χ2v) is 3.54. The average molecular weight is 168 g/mol. The Morgan fingerprint density at radius 1 is 1.73 bits per heavy atom. The molecule has 1 aliphatic heterocycles. The van der Waals surface area contributed by atoms with Crippen LogP contribution in [0.15, 0.2) is 11.4 Å². The molecule has 3 nitrogen and oxygen atoms in total. The van der Waals surface area contributed by atoms with Gasteiger partial charge in [0.15, 0.2) is 0 Å². The number of hydrogen-bond donors (Lipinski definition) is 1. The molecule has 0 unspecified atom stereocenters. The van der Waals surface area contributed by atoms with Crippen LogP contribution in [0.2, 0.25) is 0 Å². The van der Waals surface area contributed by atoms with E-state index in [1.165, 1.54) is 4.88 Å². The van der Waals surface area contributed by atoms with Crippen LogP contribution in [-0.4, -0.2) is 18.0 Å². The van der Waals surface area contributed by atoms with E-state index in [0.29, 0.717) is 0 Å². The summed E-state index contributed by atoms with van der Waals surface area (Å²) in [6, 6.07) is 1.92. The van der Waals surface area contributed by atoms with Crippen LogP contribution in [0.3, 0.4) is 0 Å². The molecule has 1 N–H and O–H groups in total. The summed E-state index contributed by atoms with van der Waals surface area (Å²) in [7, 11) is 1.79. The van der Waals surface area contributed by atoms with Gasteiger partial charge < -0.3 is 10.2 Å². The topological polar surface area (TPSA) is 32.3 Å². The number of amides is 2. The number of anilines is 1. The highest BCUT2D eigenvalue weighted by Crippen LogP contribution is 2.27. The number of carbonyl (C=O) groups excluding carboxylic acids is 1. The van der Waals surface area contributed by atoms with Gasteiger partial charge in [0.2, 0.25) is 0 Å². The number of hydrogen-bond acceptors (Lipinski definition) is 2. The maximum absolute atomic E-state index is 11.1. The van der Waals surface area contributed by atoms with Crippen LogP contribution in [0.5, 0.6) is 0 Å². The number of nitrogens with zero attached hydrogens (tertiary/aromatic N) is 1. The zero-order chi connectivity index (χ0) is 7.84. The molecule has 0 atom stereocenters. The molecule has 1 aliphatic rings. The third-order valence-electron chi connectivity index (χ3n) is 1.71. The summed E-state index contributed by atoms with van der Waals surface area (Å²) in [5, 5.41) is 4.78. The minimum atomic E-state index is -0.0177. The van der Waals surface area contributed by atoms with Crippen LogP contribution in [0.1, 0.15) is 4.88 Å². The van der Waals surface area contributed by atoms with Crippen molar-refractivity contribution in [3.05, 3.63) is 16.3 Å². The molecule has 0 bridgehead atoms. The molecule has 11 heavy (non-hydrogen) atoms. The predicted octanol–water partition coefficient (Wildman–Crippen LogP) is 1.73. The van der Waals surface area contributed by atoms with E-state index < -0.39 is 0 Å². The number of urea groups is 1. The van der Waals surface area contributed by atoms with E-state index in [0.717, 1.165) is 12.2 Å². The average Bonchev–Trinajstić information content (AvgIpc) is 2.36. The Morgan fingerprint density at radius 2 is 2.55 bits per heavy atom. The van der Waals surface area contributed by atoms with Crippen molar-refractivity contribution in [2.75, 3.05) is 12.4 Å². The molecule has 2 amide bonds. The normalized spacial score (nSPS) is 16.1. The first-order valence-electron chi connectivity index (χ1n) is 3.36. The maximum atomic E-state index is 11.1. The fourth-order valence-electron chi connectivity index (χ4n) is 1.07. The maximum Gasteiger partial charge on any atom is 0.321 e. The molecule has 0 aromatic carbocycles. The number of rotatable bonds is 0. The van der Waals surface area contributed by atoms with Crippen LogP contribution >= 0.6 is 11.3 Å². The first kappa shape index (κ1) is 6.67. The number of carbonyl (C=O) groups is 1. The Hall–Kier alpha value is -1.03. The van der Waals surface area contributed by atoms with E-state index in [9.17, 15) is 4.79 Å². The Morgan fingerprint density at radius 3 is 3.36 bits per heavy atom. The number of fused-ring (bicyclic) bond motifs is 1. The molecule has 0 aliphatic carbocycles. The highest BCUT2D eigenvalue weighted by molar-refractivity contribution is 7.10. The van der Waals surface area contributed by atoms with Gasteiger partial charge in [-0.15, -0.1) is 11.3 Å². The fourth-order valence-corrected chi connectivity index (χ4v) is 1.95. The first-order chi connectivity index (χ1) is 5.27. The smallest absolute Gasteiger partial charge is 0.321 e. The molecule has 58 valence electrons. The molecule has 0 saturated heterocycles. The zero-order valence-electron chi connectivity index (χ0n) is 6.13. The van der Waals surface area contributed by atoms with Gasteiger partial charge in [-0.2, -0.15) is 0 Å². The van der Waals surface area contributed by atoms with Crippen molar-refractivity contribution in [3.8, 4) is 0 Å². The fraction of sp³-hybridized carbons (Fsp3) is 0.286. The Kier molecular flexibility index (Phi) is 1.35. The lowest BCUT2D eigenvalue weighted by molar-refractivity contribution is 0.219. The van der Waals surface area contributed by atoms with Crippen molar-refractivity contribution in [3.63, 3.8) is 0 Å². The van der Waals surface area contributed by atoms with Crippen molar-refractivity contribution < 1.29 is 4.79 Å². The molecule has 2 rings (SSSR count). The van der Waals surface area contributed by atoms with Crippen molar-refractivity contribution in [2.24, 2.45) is 0 Å². The molecule has 0 saturated carbocycles. The molecule has 1 aromatic rings. The highest BCUT2D eigenvalue weighted by Gasteiger charge is 2.19. The van der Waals surface area contributed by atoms with Crippen molar-refractivity contribution in [1.82, 2.24) is 4.90 Å². The SMILES string of the molecule is CN1Cc2sccc2NC1=O. The molecule has 2 heterocycles. The second-order valence-electron chi connectivity index (χ2n) is 2.54. The lowest BCUT2D eigenvalue weighted by atomic mass is 10.3. The Bertz CT molecular complexity index is 294. The molecule has 4 heteroatoms. The standard InChI is InChI=1S/C7H8N2OS/c1-9-4-6-5(2-3-11-6)8-7(9)10/h2-3H,4H2,1H3,(H,8,10). The van der Waals surface area contributed by atoms with Gasteiger partial charge in [0.1, 0.15) is 0 Å². The minimum Gasteiger partial charge on any atom is -0.322 e. The Labute approximate surface area is 68.6 Å². The summed E-state index contributed by atoms with van der Waals surface area (Å²) in [4.78, 5) is 14.0. The van der Waals surface area contributed by atoms with Gasteiger partial charge >= 0.3 is 6.03 Å². The van der Waals surface area contributed by atoms with Gasteiger partial charge in [-0.3, -0.25) is 0 Å². The summed E-state index contributed by atoms with van der Waals surface area (Å²) < 4.78 is 0. The second kappa shape index (κ2) is 2.23. The summed E-state index contributed by atoms with van der Waals surface area (Å²) >= 11 is 1.67. The molecule has 0 spiro atoms. The monoisotopic (exact) mass is 168 g/mol. The van der Waals surface area contributed by atoms with E-state index in [-0.39, 0.29) is 6.03 Å². The third kappa shape index (κ3) is 0.991. The van der Waals surface area contributed by atoms with E-state index in [4.69, 9.17) is 0 Å². The first-order valence-corrected chi connectivity index (χ1v) is 4.24. The third-order valence-corrected chi connectivity index (χ3v) is 2.62. The van der Waals surface area contributed by atoms with Gasteiger partial charge in [-0.05, 0) is 11.4 Å². The minimum absolute atomic E-state index is 0.0177. The summed E-state index contributed by atoms with van der Waals surface area (Å²) in [6.45, 7) is 0.735. The van der Waals surface area contributed by atoms with E-state index >= 15 is 0 Å². The lowest BCUT2D eigenvalue weighted by Gasteiger charge is -2.22. The van der Waals surface area contributed by atoms with Crippen LogP contribution in [0.4, 0.5) is 10.5 Å². The molecule has 0 fully saturated rings. The van der Waals surface area contributed by atoms with E-state index in [1.807, 2.05) is 11.4 Å². The Balaban J connectivity index is 2.37. The van der Waals surface area contributed by atoms with Crippen LogP contribution in [0.25, 0.3) is 0 Å². The van der Waals surface area contributed by atoms with Gasteiger partial charge in [0.05, 0.1) is 12.2 Å². The summed E-state index contributed by atoms with van der Waals surface area (Å²) in [6.07, 6.45) is 0. The zero-order valence-corrected chi connectivity index (χ0v) is 6.94. The highest BCUT2D eigenvalue weighted by atomic mass is 32.1. The van der Waals surface area contributed by atoms with E-state index in [1.54, 1.807) is 23.3 Å². The van der Waals surface area contributed by atoms with Crippen LogP contribution in [-0.2, 0) is 6.54 Å². The summed E-state index contributed by atoms with van der Waals surface area (Å²) in [5.74, 6) is 0. The number of nitrogens with one attached hydrogen (secondary N) is 1. The predicted molar refractivity (Wildman–Crippen MR) is 44.8 cm³/mol. The summed E-state index contributed by atoms with van der Waals surface area (Å²) in [5.41, 5.74) is 0.970. The van der Waals surface area contributed by atoms with Crippen molar-refractivity contribution in [2.45, 2.75) is 6.54 Å². The molecular weight excluding hydrogens is 160 g/mol. The van der Waals surface area contributed by atoms with Crippen molar-refractivity contribution in [1.29, 1.82) is 0 Å². The quantitative estimate of drug-likeness (QED) is 0.628. The molecule has 1 aromatic heterocycles. The largest absolute Gasteiger partial charge is 0.322 e. The van der Waals surface area contributed by atoms with Crippen molar-refractivity contribution >= 4 is 23.1 Å². The van der Waals surface area contributed by atoms with Gasteiger partial charge in [-0.25, -0.2) is 4.79 Å². The van der Waals surface area contributed by atoms with Gasteiger partial charge in [0, 0.05) is 11.9 Å². The molecular formula is C7H8N2OS. The van der Waals surface area contributed by atoms with Crippen LogP contribution < -0.4 is 5.32 Å². The lowest BCUT2D eigenvalue weighted by Crippen LogP contribution is -2.34. The number of thiophene rings is 1. The van der Waals surface area contributed by atoms with E-state index in [2.05, 4.69) is 5.32 Å². The van der Waals surface area contributed by atoms with Gasteiger partial charge in [-0.1, -0.05) is 0 Å². The molecule has 0 radical (unpaired) electrons. The van der Waals surface area contributed by atoms with Crippen LogP contribution in [0, 0.1) is 0 Å².